The van der Waals surface area contributed by atoms with Crippen LogP contribution in [-0.2, 0) is 4.79 Å². The summed E-state index contributed by atoms with van der Waals surface area (Å²) in [6.07, 6.45) is 0.192. The Morgan fingerprint density at radius 1 is 1.50 bits per heavy atom. The van der Waals surface area contributed by atoms with Gasteiger partial charge in [-0.1, -0.05) is 0 Å². The van der Waals surface area contributed by atoms with E-state index in [-0.39, 0.29) is 12.0 Å². The van der Waals surface area contributed by atoms with Gasteiger partial charge >= 0.3 is 5.97 Å². The van der Waals surface area contributed by atoms with E-state index in [1.54, 1.807) is 0 Å². The Kier molecular flexibility index (Phi) is 3.36. The lowest BCUT2D eigenvalue weighted by molar-refractivity contribution is -0.136. The zero-order valence-corrected chi connectivity index (χ0v) is 6.77. The molecule has 0 aliphatic carbocycles. The van der Waals surface area contributed by atoms with Crippen molar-refractivity contribution in [2.75, 3.05) is 6.54 Å². The van der Waals surface area contributed by atoms with Crippen molar-refractivity contribution in [1.82, 2.24) is 5.32 Å². The number of nitrogens with one attached hydrogen (secondary N) is 1. The summed E-state index contributed by atoms with van der Waals surface area (Å²) >= 11 is 0. The van der Waals surface area contributed by atoms with Gasteiger partial charge in [0.2, 0.25) is 0 Å². The van der Waals surface area contributed by atoms with Crippen LogP contribution in [-0.4, -0.2) is 23.2 Å². The number of hydrogen-bond donors (Lipinski definition) is 2. The molecule has 0 aromatic rings. The molecule has 0 aromatic heterocycles. The molecule has 0 amide bonds. The van der Waals surface area contributed by atoms with Crippen LogP contribution in [0.15, 0.2) is 0 Å². The van der Waals surface area contributed by atoms with Gasteiger partial charge in [0.05, 0.1) is 6.42 Å². The minimum Gasteiger partial charge on any atom is -0.481 e. The van der Waals surface area contributed by atoms with E-state index in [4.69, 9.17) is 5.11 Å². The molecule has 0 aliphatic rings. The first-order valence-electron chi connectivity index (χ1n) is 3.38. The zero-order chi connectivity index (χ0) is 8.20. The fourth-order valence-electron chi connectivity index (χ4n) is 0.544. The highest BCUT2D eigenvalue weighted by Crippen LogP contribution is 1.97. The highest BCUT2D eigenvalue weighted by Gasteiger charge is 2.08. The average molecular weight is 145 g/mol. The predicted octanol–water partition coefficient (Wildman–Crippen LogP) is 0.849. The second kappa shape index (κ2) is 3.56. The second-order valence-electron chi connectivity index (χ2n) is 3.32. The maximum Gasteiger partial charge on any atom is 0.304 e. The second-order valence-corrected chi connectivity index (χ2v) is 3.32. The van der Waals surface area contributed by atoms with Gasteiger partial charge in [0.15, 0.2) is 0 Å². The fourth-order valence-corrected chi connectivity index (χ4v) is 0.544. The van der Waals surface area contributed by atoms with Gasteiger partial charge in [-0.05, 0) is 20.8 Å². The molecule has 3 nitrogen and oxygen atoms in total. The van der Waals surface area contributed by atoms with Gasteiger partial charge in [-0.25, -0.2) is 0 Å². The lowest BCUT2D eigenvalue weighted by Crippen LogP contribution is -2.37. The van der Waals surface area contributed by atoms with Crippen molar-refractivity contribution < 1.29 is 9.90 Å². The molecule has 0 aromatic carbocycles. The Balaban J connectivity index is 3.29. The van der Waals surface area contributed by atoms with E-state index in [1.807, 2.05) is 20.8 Å². The molecule has 0 saturated carbocycles. The molecule has 0 rings (SSSR count). The summed E-state index contributed by atoms with van der Waals surface area (Å²) in [5, 5.41) is 11.3. The van der Waals surface area contributed by atoms with Crippen LogP contribution >= 0.6 is 0 Å². The first-order chi connectivity index (χ1) is 4.42. The van der Waals surface area contributed by atoms with Crippen molar-refractivity contribution in [2.45, 2.75) is 32.7 Å². The Bertz CT molecular complexity index is 115. The molecule has 0 saturated heterocycles. The van der Waals surface area contributed by atoms with E-state index in [2.05, 4.69) is 5.32 Å². The van der Waals surface area contributed by atoms with E-state index in [0.717, 1.165) is 0 Å². The summed E-state index contributed by atoms with van der Waals surface area (Å²) < 4.78 is 0. The van der Waals surface area contributed by atoms with E-state index < -0.39 is 5.97 Å². The number of rotatable bonds is 3. The molecule has 3 heteroatoms. The first-order valence-corrected chi connectivity index (χ1v) is 3.38. The molecule has 10 heavy (non-hydrogen) atoms. The lowest BCUT2D eigenvalue weighted by Gasteiger charge is -2.19. The van der Waals surface area contributed by atoms with Crippen LogP contribution in [0.5, 0.6) is 0 Å². The summed E-state index contributed by atoms with van der Waals surface area (Å²) in [5.41, 5.74) is 0.0233. The van der Waals surface area contributed by atoms with Crippen molar-refractivity contribution in [3.63, 3.8) is 0 Å². The van der Waals surface area contributed by atoms with Crippen LogP contribution in [0.25, 0.3) is 0 Å². The van der Waals surface area contributed by atoms with E-state index >= 15 is 0 Å². The van der Waals surface area contributed by atoms with Crippen LogP contribution in [0.4, 0.5) is 0 Å². The Labute approximate surface area is 61.4 Å². The third-order valence-corrected chi connectivity index (χ3v) is 0.994. The van der Waals surface area contributed by atoms with Crippen LogP contribution < -0.4 is 5.32 Å². The fraction of sp³-hybridized carbons (Fsp3) is 0.857. The standard InChI is InChI=1S/C7H15NO2/c1-7(2,3)8-5-4-6(9)10/h8H,4-5H2,1-3H3,(H,9,10). The summed E-state index contributed by atoms with van der Waals surface area (Å²) in [6.45, 7) is 6.57. The minimum atomic E-state index is -0.753. The largest absolute Gasteiger partial charge is 0.481 e. The molecular formula is C7H15NO2. The van der Waals surface area contributed by atoms with Crippen LogP contribution in [0.2, 0.25) is 0 Å². The molecule has 0 spiro atoms. The van der Waals surface area contributed by atoms with Gasteiger partial charge < -0.3 is 10.4 Å². The van der Waals surface area contributed by atoms with Crippen LogP contribution in [0.3, 0.4) is 0 Å². The molecule has 0 fully saturated rings. The lowest BCUT2D eigenvalue weighted by atomic mass is 10.1. The normalized spacial score (nSPS) is 11.5. The van der Waals surface area contributed by atoms with Crippen molar-refractivity contribution in [1.29, 1.82) is 0 Å². The zero-order valence-electron chi connectivity index (χ0n) is 6.77. The van der Waals surface area contributed by atoms with Crippen molar-refractivity contribution in [3.05, 3.63) is 0 Å². The average Bonchev–Trinajstić information content (AvgIpc) is 1.59. The Morgan fingerprint density at radius 3 is 2.30 bits per heavy atom. The molecule has 60 valence electrons. The van der Waals surface area contributed by atoms with E-state index in [0.29, 0.717) is 6.54 Å². The van der Waals surface area contributed by atoms with Crippen molar-refractivity contribution in [3.8, 4) is 0 Å². The van der Waals surface area contributed by atoms with Gasteiger partial charge in [-0.15, -0.1) is 0 Å². The number of hydrogen-bond acceptors (Lipinski definition) is 2. The third-order valence-electron chi connectivity index (χ3n) is 0.994. The molecule has 0 radical (unpaired) electrons. The van der Waals surface area contributed by atoms with Gasteiger partial charge in [-0.2, -0.15) is 0 Å². The minimum absolute atomic E-state index is 0.0233. The van der Waals surface area contributed by atoms with E-state index in [1.165, 1.54) is 0 Å². The molecule has 0 atom stereocenters. The number of carboxylic acid groups (broad SMARTS) is 1. The maximum atomic E-state index is 10.0. The van der Waals surface area contributed by atoms with Crippen molar-refractivity contribution >= 4 is 5.97 Å². The van der Waals surface area contributed by atoms with Crippen LogP contribution in [0, 0.1) is 0 Å². The topological polar surface area (TPSA) is 49.3 Å². The first kappa shape index (κ1) is 9.43. The van der Waals surface area contributed by atoms with Gasteiger partial charge in [-0.3, -0.25) is 4.79 Å². The van der Waals surface area contributed by atoms with Gasteiger partial charge in [0, 0.05) is 12.1 Å². The molecule has 2 N–H and O–H groups in total. The van der Waals surface area contributed by atoms with Gasteiger partial charge in [0.1, 0.15) is 0 Å². The summed E-state index contributed by atoms with van der Waals surface area (Å²) in [6, 6.07) is 0. The predicted molar refractivity (Wildman–Crippen MR) is 40.0 cm³/mol. The highest BCUT2D eigenvalue weighted by molar-refractivity contribution is 5.66. The number of aliphatic carboxylic acids is 1. The van der Waals surface area contributed by atoms with E-state index in [9.17, 15) is 4.79 Å². The quantitative estimate of drug-likeness (QED) is 0.619. The summed E-state index contributed by atoms with van der Waals surface area (Å²) in [4.78, 5) is 10.0. The molecular weight excluding hydrogens is 130 g/mol. The summed E-state index contributed by atoms with van der Waals surface area (Å²) in [5.74, 6) is -0.753. The highest BCUT2D eigenvalue weighted by atomic mass is 16.4. The monoisotopic (exact) mass is 145 g/mol. The third kappa shape index (κ3) is 7.43. The van der Waals surface area contributed by atoms with Crippen LogP contribution in [0.1, 0.15) is 27.2 Å². The Hall–Kier alpha value is -0.570. The molecule has 0 heterocycles. The SMILES string of the molecule is CC(C)(C)NCCC(=O)O. The smallest absolute Gasteiger partial charge is 0.304 e. The molecule has 0 unspecified atom stereocenters. The Morgan fingerprint density at radius 2 is 2.00 bits per heavy atom. The summed E-state index contributed by atoms with van der Waals surface area (Å²) in [7, 11) is 0. The molecule has 0 aliphatic heterocycles. The number of carboxylic acids is 1. The molecule has 0 bridgehead atoms. The number of carbonyl (C=O) groups is 1. The van der Waals surface area contributed by atoms with Crippen molar-refractivity contribution in [2.24, 2.45) is 0 Å². The maximum absolute atomic E-state index is 10.0. The van der Waals surface area contributed by atoms with Gasteiger partial charge in [0.25, 0.3) is 0 Å².